The first-order chi connectivity index (χ1) is 31.2. The average Bonchev–Trinajstić information content (AvgIpc) is 3.98. The second kappa shape index (κ2) is 17.7. The van der Waals surface area contributed by atoms with Gasteiger partial charge in [0.2, 0.25) is 0 Å². The van der Waals surface area contributed by atoms with Crippen molar-refractivity contribution in [3.05, 3.63) is 153 Å². The molecular weight excluding hydrogens is 797 g/mol. The topological polar surface area (TPSA) is 96.6 Å². The van der Waals surface area contributed by atoms with Crippen molar-refractivity contribution < 1.29 is 28.7 Å². The van der Waals surface area contributed by atoms with Crippen LogP contribution in [-0.4, -0.2) is 45.5 Å². The van der Waals surface area contributed by atoms with Gasteiger partial charge in [0.1, 0.15) is 11.5 Å². The van der Waals surface area contributed by atoms with Crippen LogP contribution in [0.5, 0.6) is 11.5 Å². The molecule has 0 amide bonds. The van der Waals surface area contributed by atoms with Crippen LogP contribution in [0.2, 0.25) is 0 Å². The van der Waals surface area contributed by atoms with Crippen LogP contribution in [0.25, 0.3) is 22.5 Å². The van der Waals surface area contributed by atoms with Crippen LogP contribution in [0.15, 0.2) is 97.1 Å². The predicted octanol–water partition coefficient (Wildman–Crippen LogP) is 11.5. The van der Waals surface area contributed by atoms with Crippen LogP contribution in [-0.2, 0) is 38.8 Å². The van der Waals surface area contributed by atoms with Crippen LogP contribution < -0.4 is 9.47 Å². The molecule has 64 heavy (non-hydrogen) atoms. The third-order valence-electron chi connectivity index (χ3n) is 13.9. The van der Waals surface area contributed by atoms with E-state index in [1.54, 1.807) is 0 Å². The van der Waals surface area contributed by atoms with Crippen molar-refractivity contribution >= 4 is 23.1 Å². The summed E-state index contributed by atoms with van der Waals surface area (Å²) in [5, 5.41) is 0. The molecule has 0 bridgehead atoms. The van der Waals surface area contributed by atoms with Crippen LogP contribution in [0.1, 0.15) is 140 Å². The summed E-state index contributed by atoms with van der Waals surface area (Å²) in [5.41, 5.74) is 11.8. The molecule has 2 atom stereocenters. The molecule has 2 heterocycles. The number of benzene rings is 4. The number of carbonyl (C=O) groups is 4. The average molecular weight is 853 g/mol. The van der Waals surface area contributed by atoms with Gasteiger partial charge in [-0.2, -0.15) is 0 Å². The highest BCUT2D eigenvalue weighted by Crippen LogP contribution is 2.47. The lowest BCUT2D eigenvalue weighted by molar-refractivity contribution is 0.0937. The lowest BCUT2D eigenvalue weighted by atomic mass is 9.86. The van der Waals surface area contributed by atoms with E-state index in [2.05, 4.69) is 71.5 Å². The number of nitrogens with zero attached hydrogens (tertiary/aromatic N) is 2. The number of rotatable bonds is 17. The van der Waals surface area contributed by atoms with E-state index in [0.717, 1.165) is 110 Å². The number of ketones is 4. The smallest absolute Gasteiger partial charge is 0.196 e. The van der Waals surface area contributed by atoms with E-state index < -0.39 is 0 Å². The maximum Gasteiger partial charge on any atom is 0.196 e. The molecule has 0 aliphatic heterocycles. The van der Waals surface area contributed by atoms with E-state index in [-0.39, 0.29) is 35.0 Å². The fourth-order valence-electron chi connectivity index (χ4n) is 10.8. The first-order valence-corrected chi connectivity index (χ1v) is 23.5. The van der Waals surface area contributed by atoms with Crippen molar-refractivity contribution in [1.29, 1.82) is 0 Å². The maximum atomic E-state index is 13.9. The van der Waals surface area contributed by atoms with Gasteiger partial charge in [-0.1, -0.05) is 100 Å². The second-order valence-corrected chi connectivity index (χ2v) is 18.6. The van der Waals surface area contributed by atoms with E-state index >= 15 is 0 Å². The van der Waals surface area contributed by atoms with Crippen LogP contribution in [0.4, 0.5) is 0 Å². The minimum atomic E-state index is -0.0470. The molecule has 2 aromatic heterocycles. The minimum absolute atomic E-state index is 0.0470. The largest absolute Gasteiger partial charge is 0.494 e. The third kappa shape index (κ3) is 7.75. The molecule has 6 aromatic rings. The summed E-state index contributed by atoms with van der Waals surface area (Å²) in [6.07, 6.45) is 10.4. The molecule has 4 aliphatic rings. The zero-order valence-electron chi connectivity index (χ0n) is 37.0. The Labute approximate surface area is 375 Å². The minimum Gasteiger partial charge on any atom is -0.494 e. The van der Waals surface area contributed by atoms with Crippen molar-refractivity contribution in [2.45, 2.75) is 104 Å². The Kier molecular flexibility index (Phi) is 11.5. The summed E-state index contributed by atoms with van der Waals surface area (Å²) in [4.78, 5) is 54.6. The van der Waals surface area contributed by atoms with Crippen molar-refractivity contribution in [2.24, 2.45) is 11.8 Å². The highest BCUT2D eigenvalue weighted by molar-refractivity contribution is 6.27. The number of aromatic nitrogens is 2. The Balaban J connectivity index is 0.721. The number of hydrogen-bond acceptors (Lipinski definition) is 6. The van der Waals surface area contributed by atoms with E-state index in [4.69, 9.17) is 9.47 Å². The van der Waals surface area contributed by atoms with E-state index in [1.165, 1.54) is 11.1 Å². The lowest BCUT2D eigenvalue weighted by Crippen LogP contribution is -2.21. The third-order valence-corrected chi connectivity index (χ3v) is 13.9. The van der Waals surface area contributed by atoms with Crippen molar-refractivity contribution in [3.8, 4) is 34.0 Å². The molecule has 2 unspecified atom stereocenters. The van der Waals surface area contributed by atoms with Crippen molar-refractivity contribution in [3.63, 3.8) is 0 Å². The molecule has 0 N–H and O–H groups in total. The number of unbranched alkanes of at least 4 members (excludes halogenated alkanes) is 5. The van der Waals surface area contributed by atoms with Gasteiger partial charge < -0.3 is 18.6 Å². The summed E-state index contributed by atoms with van der Waals surface area (Å²) < 4.78 is 17.1. The molecule has 10 rings (SSSR count). The van der Waals surface area contributed by atoms with Gasteiger partial charge in [0, 0.05) is 59.6 Å². The van der Waals surface area contributed by atoms with Gasteiger partial charge in [-0.15, -0.1) is 0 Å². The molecule has 4 aromatic carbocycles. The van der Waals surface area contributed by atoms with Crippen molar-refractivity contribution in [2.75, 3.05) is 13.2 Å². The van der Waals surface area contributed by atoms with Gasteiger partial charge in [0.15, 0.2) is 23.1 Å². The molecule has 0 radical (unpaired) electrons. The Bertz CT molecular complexity index is 2600. The van der Waals surface area contributed by atoms with Crippen LogP contribution in [0.3, 0.4) is 0 Å². The van der Waals surface area contributed by atoms with Crippen LogP contribution in [0, 0.1) is 11.8 Å². The van der Waals surface area contributed by atoms with E-state index in [1.807, 2.05) is 48.5 Å². The van der Waals surface area contributed by atoms with Gasteiger partial charge in [-0.05, 0) is 97.9 Å². The monoisotopic (exact) mass is 852 g/mol. The molecule has 0 saturated heterocycles. The first kappa shape index (κ1) is 41.7. The van der Waals surface area contributed by atoms with Gasteiger partial charge >= 0.3 is 0 Å². The molecule has 4 aliphatic carbocycles. The van der Waals surface area contributed by atoms with Gasteiger partial charge in [-0.3, -0.25) is 19.2 Å². The van der Waals surface area contributed by atoms with Crippen molar-refractivity contribution in [1.82, 2.24) is 9.13 Å². The summed E-state index contributed by atoms with van der Waals surface area (Å²) in [5.74, 6) is 2.07. The zero-order valence-corrected chi connectivity index (χ0v) is 37.0. The number of fused-ring (bicyclic) bond motifs is 10. The molecule has 0 saturated carbocycles. The van der Waals surface area contributed by atoms with Crippen LogP contribution >= 0.6 is 0 Å². The Morgan fingerprint density at radius 1 is 0.469 bits per heavy atom. The molecular formula is C56H56N2O6. The number of carbonyl (C=O) groups excluding carboxylic acids is 4. The van der Waals surface area contributed by atoms with Gasteiger partial charge in [0.25, 0.3) is 0 Å². The summed E-state index contributed by atoms with van der Waals surface area (Å²) in [6.45, 7) is 6.85. The van der Waals surface area contributed by atoms with E-state index in [0.29, 0.717) is 72.5 Å². The molecule has 8 nitrogen and oxygen atoms in total. The standard InChI is InChI=1S/C56H56N2O6/c1-35-29-45-49(47(59)31-35)51-53(57(45)25-23-37-15-9-7-10-16-37)43-33-39(19-21-41(43)55(51)61)63-27-13-5-3-4-6-14-28-64-40-20-22-42-44(34-40)54-52(56(42)62)50-46(30-36(2)32-48(50)60)58(54)26-24-38-17-11-8-12-18-38/h7-12,15-22,33-36H,3-6,13-14,23-32H2,1-2H3. The normalized spacial score (nSPS) is 16.9. The predicted molar refractivity (Wildman–Crippen MR) is 249 cm³/mol. The highest BCUT2D eigenvalue weighted by atomic mass is 16.5. The molecule has 8 heteroatoms. The molecule has 0 spiro atoms. The summed E-state index contributed by atoms with van der Waals surface area (Å²) in [7, 11) is 0. The Morgan fingerprint density at radius 2 is 0.875 bits per heavy atom. The fraction of sp³-hybridized carbons (Fsp3) is 0.357. The molecule has 0 fully saturated rings. The Morgan fingerprint density at radius 3 is 1.30 bits per heavy atom. The number of ether oxygens (including phenoxy) is 2. The maximum absolute atomic E-state index is 13.9. The first-order valence-electron chi connectivity index (χ1n) is 23.5. The quantitative estimate of drug-likeness (QED) is 0.0847. The SMILES string of the molecule is CC1CC(=O)c2c3c(n(CCc4ccccc4)c2C1)-c1cc(OCCCCCCCCOc2ccc4c(c2)-c2c(c5c(n2CCc2ccccc2)CC(C)CC5=O)C4=O)ccc1C3=O. The number of Topliss-reactive ketones (excluding diaryl/α,β-unsaturated/α-hetero) is 2. The second-order valence-electron chi connectivity index (χ2n) is 18.6. The van der Waals surface area contributed by atoms with Gasteiger partial charge in [-0.25, -0.2) is 0 Å². The summed E-state index contributed by atoms with van der Waals surface area (Å²) >= 11 is 0. The zero-order chi connectivity index (χ0) is 43.9. The number of hydrogen-bond donors (Lipinski definition) is 0. The van der Waals surface area contributed by atoms with Gasteiger partial charge in [0.05, 0.1) is 46.9 Å². The molecule has 326 valence electrons. The number of aryl methyl sites for hydroxylation is 2. The Hall–Kier alpha value is -6.28. The fourth-order valence-corrected chi connectivity index (χ4v) is 10.8. The van der Waals surface area contributed by atoms with E-state index in [9.17, 15) is 19.2 Å². The summed E-state index contributed by atoms with van der Waals surface area (Å²) in [6, 6.07) is 32.3. The highest BCUT2D eigenvalue weighted by Gasteiger charge is 2.42. The lowest BCUT2D eigenvalue weighted by Gasteiger charge is -2.22.